The van der Waals surface area contributed by atoms with Crippen molar-refractivity contribution < 1.29 is 9.18 Å². The highest BCUT2D eigenvalue weighted by atomic mass is 19.1. The van der Waals surface area contributed by atoms with Crippen molar-refractivity contribution in [3.05, 3.63) is 35.1 Å². The number of rotatable bonds is 8. The highest BCUT2D eigenvalue weighted by Crippen LogP contribution is 2.10. The average molecular weight is 295 g/mol. The van der Waals surface area contributed by atoms with Gasteiger partial charge in [0.2, 0.25) is 5.91 Å². The number of carbonyl (C=O) groups is 1. The predicted molar refractivity (Wildman–Crippen MR) is 83.6 cm³/mol. The van der Waals surface area contributed by atoms with E-state index in [2.05, 4.69) is 37.9 Å². The second-order valence-electron chi connectivity index (χ2n) is 5.77. The molecule has 0 aliphatic heterocycles. The number of hydrogen-bond acceptors (Lipinski definition) is 3. The van der Waals surface area contributed by atoms with Crippen LogP contribution in [0.3, 0.4) is 0 Å². The smallest absolute Gasteiger partial charge is 0.248 e. The maximum atomic E-state index is 13.7. The molecule has 0 fully saturated rings. The van der Waals surface area contributed by atoms with E-state index in [1.165, 1.54) is 18.2 Å². The summed E-state index contributed by atoms with van der Waals surface area (Å²) in [7, 11) is 0. The van der Waals surface area contributed by atoms with Crippen molar-refractivity contribution in [1.29, 1.82) is 0 Å². The molecule has 0 unspecified atom stereocenters. The minimum atomic E-state index is -0.540. The van der Waals surface area contributed by atoms with Crippen LogP contribution < -0.4 is 11.1 Å². The van der Waals surface area contributed by atoms with E-state index in [0.29, 0.717) is 29.8 Å². The number of benzene rings is 1. The van der Waals surface area contributed by atoms with Gasteiger partial charge >= 0.3 is 0 Å². The lowest BCUT2D eigenvalue weighted by atomic mass is 10.1. The van der Waals surface area contributed by atoms with Gasteiger partial charge in [-0.15, -0.1) is 0 Å². The molecule has 0 heterocycles. The first-order valence-corrected chi connectivity index (χ1v) is 7.37. The molecule has 0 saturated carbocycles. The number of halogens is 1. The van der Waals surface area contributed by atoms with E-state index >= 15 is 0 Å². The van der Waals surface area contributed by atoms with Gasteiger partial charge < -0.3 is 11.1 Å². The van der Waals surface area contributed by atoms with Crippen molar-refractivity contribution in [2.24, 2.45) is 5.73 Å². The molecule has 0 aliphatic carbocycles. The van der Waals surface area contributed by atoms with Crippen LogP contribution in [-0.4, -0.2) is 36.0 Å². The van der Waals surface area contributed by atoms with Gasteiger partial charge in [0.15, 0.2) is 0 Å². The Morgan fingerprint density at radius 2 is 1.90 bits per heavy atom. The summed E-state index contributed by atoms with van der Waals surface area (Å²) in [6.45, 7) is 10.7. The number of hydrogen-bond donors (Lipinski definition) is 2. The minimum Gasteiger partial charge on any atom is -0.366 e. The maximum absolute atomic E-state index is 13.7. The molecule has 21 heavy (non-hydrogen) atoms. The standard InChI is InChI=1S/C16H26FN3O/c1-11(2)20(12(3)4)8-7-19-10-14-9-13(16(18)21)5-6-15(14)17/h5-6,9,11-12,19H,7-8,10H2,1-4H3,(H2,18,21). The van der Waals surface area contributed by atoms with E-state index in [9.17, 15) is 9.18 Å². The molecule has 5 heteroatoms. The first-order chi connectivity index (χ1) is 9.82. The van der Waals surface area contributed by atoms with E-state index in [0.717, 1.165) is 13.1 Å². The van der Waals surface area contributed by atoms with E-state index < -0.39 is 5.91 Å². The summed E-state index contributed by atoms with van der Waals surface area (Å²) in [5, 5.41) is 3.22. The van der Waals surface area contributed by atoms with E-state index in [4.69, 9.17) is 5.73 Å². The number of nitrogens with one attached hydrogen (secondary N) is 1. The van der Waals surface area contributed by atoms with Crippen molar-refractivity contribution in [2.45, 2.75) is 46.3 Å². The Kier molecular flexibility index (Phi) is 6.78. The van der Waals surface area contributed by atoms with Gasteiger partial charge in [-0.25, -0.2) is 4.39 Å². The lowest BCUT2D eigenvalue weighted by Gasteiger charge is -2.30. The van der Waals surface area contributed by atoms with E-state index in [1.54, 1.807) is 0 Å². The summed E-state index contributed by atoms with van der Waals surface area (Å²) in [5.74, 6) is -0.862. The average Bonchev–Trinajstić information content (AvgIpc) is 2.39. The zero-order valence-corrected chi connectivity index (χ0v) is 13.3. The summed E-state index contributed by atoms with van der Waals surface area (Å²) in [5.41, 5.74) is 6.00. The molecule has 0 aromatic heterocycles. The molecular formula is C16H26FN3O. The molecule has 1 aromatic carbocycles. The highest BCUT2D eigenvalue weighted by molar-refractivity contribution is 5.92. The summed E-state index contributed by atoms with van der Waals surface area (Å²) < 4.78 is 13.7. The van der Waals surface area contributed by atoms with Crippen molar-refractivity contribution in [2.75, 3.05) is 13.1 Å². The Morgan fingerprint density at radius 3 is 2.43 bits per heavy atom. The van der Waals surface area contributed by atoms with Gasteiger partial charge in [0, 0.05) is 42.8 Å². The zero-order valence-electron chi connectivity index (χ0n) is 13.3. The van der Waals surface area contributed by atoms with E-state index in [-0.39, 0.29) is 5.82 Å². The number of carbonyl (C=O) groups excluding carboxylic acids is 1. The Morgan fingerprint density at radius 1 is 1.29 bits per heavy atom. The molecule has 4 nitrogen and oxygen atoms in total. The minimum absolute atomic E-state index is 0.322. The summed E-state index contributed by atoms with van der Waals surface area (Å²) >= 11 is 0. The van der Waals surface area contributed by atoms with Gasteiger partial charge in [0.1, 0.15) is 5.82 Å². The monoisotopic (exact) mass is 295 g/mol. The zero-order chi connectivity index (χ0) is 16.0. The number of nitrogens with two attached hydrogens (primary N) is 1. The van der Waals surface area contributed by atoms with Crippen LogP contribution >= 0.6 is 0 Å². The maximum Gasteiger partial charge on any atom is 0.248 e. The van der Waals surface area contributed by atoms with Crippen molar-refractivity contribution >= 4 is 5.91 Å². The van der Waals surface area contributed by atoms with Crippen LogP contribution in [0.15, 0.2) is 18.2 Å². The van der Waals surface area contributed by atoms with Crippen LogP contribution in [0.5, 0.6) is 0 Å². The van der Waals surface area contributed by atoms with Gasteiger partial charge in [0.05, 0.1) is 0 Å². The lowest BCUT2D eigenvalue weighted by Crippen LogP contribution is -2.41. The molecule has 3 N–H and O–H groups in total. The lowest BCUT2D eigenvalue weighted by molar-refractivity contribution is 0.1000. The second-order valence-corrected chi connectivity index (χ2v) is 5.77. The molecule has 0 atom stereocenters. The molecule has 1 aromatic rings. The second kappa shape index (κ2) is 8.10. The van der Waals surface area contributed by atoms with Crippen LogP contribution in [0.25, 0.3) is 0 Å². The quantitative estimate of drug-likeness (QED) is 0.722. The predicted octanol–water partition coefficient (Wildman–Crippen LogP) is 2.13. The van der Waals surface area contributed by atoms with Crippen LogP contribution in [-0.2, 0) is 6.54 Å². The van der Waals surface area contributed by atoms with Crippen LogP contribution in [0.2, 0.25) is 0 Å². The van der Waals surface area contributed by atoms with Gasteiger partial charge in [-0.3, -0.25) is 9.69 Å². The first kappa shape index (κ1) is 17.6. The Labute approximate surface area is 126 Å². The molecule has 0 saturated heterocycles. The van der Waals surface area contributed by atoms with Gasteiger partial charge in [0.25, 0.3) is 0 Å². The Hall–Kier alpha value is -1.46. The topological polar surface area (TPSA) is 58.4 Å². The molecule has 1 rings (SSSR count). The van der Waals surface area contributed by atoms with Crippen molar-refractivity contribution in [1.82, 2.24) is 10.2 Å². The van der Waals surface area contributed by atoms with Crippen molar-refractivity contribution in [3.8, 4) is 0 Å². The van der Waals surface area contributed by atoms with Crippen molar-refractivity contribution in [3.63, 3.8) is 0 Å². The third kappa shape index (κ3) is 5.44. The third-order valence-corrected chi connectivity index (χ3v) is 3.52. The SMILES string of the molecule is CC(C)N(CCNCc1cc(C(N)=O)ccc1F)C(C)C. The first-order valence-electron chi connectivity index (χ1n) is 7.37. The largest absolute Gasteiger partial charge is 0.366 e. The van der Waals surface area contributed by atoms with Crippen LogP contribution in [0, 0.1) is 5.82 Å². The van der Waals surface area contributed by atoms with E-state index in [1.807, 2.05) is 0 Å². The summed E-state index contributed by atoms with van der Waals surface area (Å²) in [6, 6.07) is 5.14. The van der Waals surface area contributed by atoms with Gasteiger partial charge in [-0.05, 0) is 45.9 Å². The molecule has 0 aliphatic rings. The van der Waals surface area contributed by atoms with Gasteiger partial charge in [-0.2, -0.15) is 0 Å². The normalized spacial score (nSPS) is 11.6. The Bertz CT molecular complexity index is 467. The Balaban J connectivity index is 2.52. The number of primary amides is 1. The molecule has 0 bridgehead atoms. The number of nitrogens with zero attached hydrogens (tertiary/aromatic N) is 1. The highest BCUT2D eigenvalue weighted by Gasteiger charge is 2.12. The molecule has 118 valence electrons. The fraction of sp³-hybridized carbons (Fsp3) is 0.562. The van der Waals surface area contributed by atoms with Crippen LogP contribution in [0.1, 0.15) is 43.6 Å². The summed E-state index contributed by atoms with van der Waals surface area (Å²) in [6.07, 6.45) is 0. The molecular weight excluding hydrogens is 269 g/mol. The molecule has 0 radical (unpaired) electrons. The van der Waals surface area contributed by atoms with Crippen LogP contribution in [0.4, 0.5) is 4.39 Å². The third-order valence-electron chi connectivity index (χ3n) is 3.52. The molecule has 0 spiro atoms. The summed E-state index contributed by atoms with van der Waals surface area (Å²) in [4.78, 5) is 13.5. The molecule has 1 amide bonds. The number of amides is 1. The fourth-order valence-electron chi connectivity index (χ4n) is 2.41. The van der Waals surface area contributed by atoms with Gasteiger partial charge in [-0.1, -0.05) is 0 Å². The fourth-order valence-corrected chi connectivity index (χ4v) is 2.41.